The minimum atomic E-state index is -0.335. The largest absolute Gasteiger partial charge is 0.331 e. The number of carbonyl (C=O) groups is 1. The highest BCUT2D eigenvalue weighted by Gasteiger charge is 2.13. The fourth-order valence-electron chi connectivity index (χ4n) is 1.96. The highest BCUT2D eigenvalue weighted by molar-refractivity contribution is 6.35. The summed E-state index contributed by atoms with van der Waals surface area (Å²) in [5, 5.41) is 7.23. The molecule has 0 aromatic heterocycles. The zero-order valence-electron chi connectivity index (χ0n) is 12.1. The van der Waals surface area contributed by atoms with E-state index in [0.717, 1.165) is 11.1 Å². The van der Waals surface area contributed by atoms with Gasteiger partial charge < -0.3 is 10.6 Å². The summed E-state index contributed by atoms with van der Waals surface area (Å²) in [6.07, 6.45) is 0. The lowest BCUT2D eigenvalue weighted by molar-refractivity contribution is 0.249. The lowest BCUT2D eigenvalue weighted by Gasteiger charge is -2.16. The maximum atomic E-state index is 12.0. The lowest BCUT2D eigenvalue weighted by Crippen LogP contribution is -2.31. The van der Waals surface area contributed by atoms with Gasteiger partial charge in [0, 0.05) is 20.8 Å². The van der Waals surface area contributed by atoms with Gasteiger partial charge in [-0.1, -0.05) is 46.9 Å². The molecule has 0 heterocycles. The monoisotopic (exact) mass is 356 g/mol. The molecule has 0 bridgehead atoms. The molecule has 1 atom stereocenters. The van der Waals surface area contributed by atoms with Gasteiger partial charge in [0.1, 0.15) is 0 Å². The summed E-state index contributed by atoms with van der Waals surface area (Å²) in [7, 11) is 0. The van der Waals surface area contributed by atoms with Gasteiger partial charge in [-0.3, -0.25) is 0 Å². The smallest absolute Gasteiger partial charge is 0.319 e. The van der Waals surface area contributed by atoms with Crippen LogP contribution in [0.15, 0.2) is 36.4 Å². The van der Waals surface area contributed by atoms with Gasteiger partial charge in [-0.05, 0) is 49.2 Å². The molecule has 6 heteroatoms. The molecule has 0 aliphatic heterocycles. The minimum Gasteiger partial charge on any atom is -0.331 e. The van der Waals surface area contributed by atoms with Crippen molar-refractivity contribution < 1.29 is 4.79 Å². The Bertz CT molecular complexity index is 704. The summed E-state index contributed by atoms with van der Waals surface area (Å²) in [6, 6.07) is 9.92. The van der Waals surface area contributed by atoms with Crippen LogP contribution in [0.25, 0.3) is 0 Å². The molecule has 0 aliphatic rings. The van der Waals surface area contributed by atoms with Crippen molar-refractivity contribution in [2.75, 3.05) is 5.32 Å². The van der Waals surface area contributed by atoms with E-state index in [4.69, 9.17) is 34.8 Å². The van der Waals surface area contributed by atoms with Gasteiger partial charge >= 0.3 is 6.03 Å². The third-order valence-electron chi connectivity index (χ3n) is 3.21. The topological polar surface area (TPSA) is 41.1 Å². The second-order valence-electron chi connectivity index (χ2n) is 4.95. The van der Waals surface area contributed by atoms with E-state index >= 15 is 0 Å². The minimum absolute atomic E-state index is 0.259. The SMILES string of the molecule is Cc1ccc(NC(=O)N[C@H](C)c2ccc(Cl)cc2Cl)cc1Cl. The van der Waals surface area contributed by atoms with Crippen LogP contribution in [0.2, 0.25) is 15.1 Å². The highest BCUT2D eigenvalue weighted by atomic mass is 35.5. The van der Waals surface area contributed by atoms with Gasteiger partial charge in [-0.2, -0.15) is 0 Å². The first-order valence-corrected chi connectivity index (χ1v) is 7.79. The van der Waals surface area contributed by atoms with Gasteiger partial charge in [0.05, 0.1) is 6.04 Å². The molecule has 0 aliphatic carbocycles. The van der Waals surface area contributed by atoms with Gasteiger partial charge in [0.15, 0.2) is 0 Å². The summed E-state index contributed by atoms with van der Waals surface area (Å²) < 4.78 is 0. The summed E-state index contributed by atoms with van der Waals surface area (Å²) >= 11 is 18.0. The number of aryl methyl sites for hydroxylation is 1. The highest BCUT2D eigenvalue weighted by Crippen LogP contribution is 2.26. The number of anilines is 1. The number of benzene rings is 2. The maximum absolute atomic E-state index is 12.0. The Hall–Kier alpha value is -1.42. The second-order valence-corrected chi connectivity index (χ2v) is 6.20. The van der Waals surface area contributed by atoms with Crippen molar-refractivity contribution in [2.45, 2.75) is 19.9 Å². The van der Waals surface area contributed by atoms with E-state index in [2.05, 4.69) is 10.6 Å². The number of rotatable bonds is 3. The number of amides is 2. The van der Waals surface area contributed by atoms with Crippen molar-refractivity contribution in [3.8, 4) is 0 Å². The number of nitrogens with one attached hydrogen (secondary N) is 2. The molecule has 0 unspecified atom stereocenters. The fourth-order valence-corrected chi connectivity index (χ4v) is 2.72. The molecule has 0 saturated carbocycles. The van der Waals surface area contributed by atoms with Gasteiger partial charge in [0.25, 0.3) is 0 Å². The summed E-state index contributed by atoms with van der Waals surface area (Å²) in [5.41, 5.74) is 2.37. The molecule has 0 radical (unpaired) electrons. The number of carbonyl (C=O) groups excluding carboxylic acids is 1. The van der Waals surface area contributed by atoms with Crippen molar-refractivity contribution in [2.24, 2.45) is 0 Å². The molecular formula is C16H15Cl3N2O. The standard InChI is InChI=1S/C16H15Cl3N2O/c1-9-3-5-12(8-14(9)18)21-16(22)20-10(2)13-6-4-11(17)7-15(13)19/h3-8,10H,1-2H3,(H2,20,21,22)/t10-/m1/s1. The summed E-state index contributed by atoms with van der Waals surface area (Å²) in [4.78, 5) is 12.0. The summed E-state index contributed by atoms with van der Waals surface area (Å²) in [5.74, 6) is 0. The molecule has 2 aromatic carbocycles. The molecular weight excluding hydrogens is 343 g/mol. The van der Waals surface area contributed by atoms with E-state index in [1.165, 1.54) is 0 Å². The lowest BCUT2D eigenvalue weighted by atomic mass is 10.1. The summed E-state index contributed by atoms with van der Waals surface area (Å²) in [6.45, 7) is 3.74. The van der Waals surface area contributed by atoms with Crippen LogP contribution in [-0.2, 0) is 0 Å². The number of urea groups is 1. The van der Waals surface area contributed by atoms with Crippen LogP contribution in [0, 0.1) is 6.92 Å². The second kappa shape index (κ2) is 7.23. The van der Waals surface area contributed by atoms with Crippen molar-refractivity contribution in [3.05, 3.63) is 62.6 Å². The van der Waals surface area contributed by atoms with Crippen molar-refractivity contribution in [3.63, 3.8) is 0 Å². The Morgan fingerprint density at radius 2 is 1.77 bits per heavy atom. The predicted octanol–water partition coefficient (Wildman–Crippen LogP) is 5.84. The van der Waals surface area contributed by atoms with Crippen LogP contribution < -0.4 is 10.6 Å². The molecule has 116 valence electrons. The number of halogens is 3. The van der Waals surface area contributed by atoms with Gasteiger partial charge in [-0.15, -0.1) is 0 Å². The third-order valence-corrected chi connectivity index (χ3v) is 4.18. The molecule has 2 rings (SSSR count). The first kappa shape index (κ1) is 16.9. The number of hydrogen-bond donors (Lipinski definition) is 2. The first-order chi connectivity index (χ1) is 10.4. The van der Waals surface area contributed by atoms with Crippen molar-refractivity contribution in [1.29, 1.82) is 0 Å². The van der Waals surface area contributed by atoms with Crippen molar-refractivity contribution in [1.82, 2.24) is 5.32 Å². The van der Waals surface area contributed by atoms with E-state index in [-0.39, 0.29) is 12.1 Å². The normalized spacial score (nSPS) is 11.9. The molecule has 2 aromatic rings. The van der Waals surface area contributed by atoms with Crippen LogP contribution in [0.3, 0.4) is 0 Å². The first-order valence-electron chi connectivity index (χ1n) is 6.65. The van der Waals surface area contributed by atoms with Crippen LogP contribution >= 0.6 is 34.8 Å². The Kier molecular flexibility index (Phi) is 5.57. The molecule has 0 fully saturated rings. The molecule has 0 saturated heterocycles. The average molecular weight is 358 g/mol. The molecule has 2 N–H and O–H groups in total. The fraction of sp³-hybridized carbons (Fsp3) is 0.188. The zero-order chi connectivity index (χ0) is 16.3. The van der Waals surface area contributed by atoms with Crippen LogP contribution in [0.5, 0.6) is 0 Å². The molecule has 22 heavy (non-hydrogen) atoms. The molecule has 0 spiro atoms. The average Bonchev–Trinajstić information content (AvgIpc) is 2.42. The molecule has 3 nitrogen and oxygen atoms in total. The van der Waals surface area contributed by atoms with E-state index in [1.807, 2.05) is 19.9 Å². The Labute approximate surface area is 144 Å². The Morgan fingerprint density at radius 1 is 1.05 bits per heavy atom. The van der Waals surface area contributed by atoms with Crippen molar-refractivity contribution >= 4 is 46.5 Å². The van der Waals surface area contributed by atoms with E-state index in [9.17, 15) is 4.79 Å². The number of hydrogen-bond acceptors (Lipinski definition) is 1. The van der Waals surface area contributed by atoms with Gasteiger partial charge in [0.2, 0.25) is 0 Å². The van der Waals surface area contributed by atoms with Crippen LogP contribution in [0.4, 0.5) is 10.5 Å². The quantitative estimate of drug-likeness (QED) is 0.712. The van der Waals surface area contributed by atoms with E-state index in [0.29, 0.717) is 20.8 Å². The molecule has 2 amide bonds. The predicted molar refractivity (Wildman–Crippen MR) is 93.2 cm³/mol. The van der Waals surface area contributed by atoms with Crippen LogP contribution in [0.1, 0.15) is 24.1 Å². The zero-order valence-corrected chi connectivity index (χ0v) is 14.4. The van der Waals surface area contributed by atoms with E-state index in [1.54, 1.807) is 30.3 Å². The maximum Gasteiger partial charge on any atom is 0.319 e. The van der Waals surface area contributed by atoms with Gasteiger partial charge in [-0.25, -0.2) is 4.79 Å². The Morgan fingerprint density at radius 3 is 2.41 bits per heavy atom. The third kappa shape index (κ3) is 4.29. The van der Waals surface area contributed by atoms with Crippen LogP contribution in [-0.4, -0.2) is 6.03 Å². The Balaban J connectivity index is 2.03. The van der Waals surface area contributed by atoms with E-state index < -0.39 is 0 Å².